The summed E-state index contributed by atoms with van der Waals surface area (Å²) >= 11 is 0. The van der Waals surface area contributed by atoms with E-state index in [0.717, 1.165) is 18.8 Å². The van der Waals surface area contributed by atoms with Crippen molar-refractivity contribution in [2.75, 3.05) is 43.1 Å². The Labute approximate surface area is 196 Å². The fraction of sp³-hybridized carbons (Fsp3) is 0.192. The molecule has 1 aliphatic rings. The molecule has 0 spiro atoms. The molecule has 0 aliphatic carbocycles. The predicted octanol–water partition coefficient (Wildman–Crippen LogP) is 4.13. The number of hydrogen-bond acceptors (Lipinski definition) is 7. The van der Waals surface area contributed by atoms with Crippen molar-refractivity contribution in [1.82, 2.24) is 4.98 Å². The number of morpholine rings is 1. The third-order valence-electron chi connectivity index (χ3n) is 5.57. The molecule has 2 aromatic carbocycles. The van der Waals surface area contributed by atoms with Crippen LogP contribution in [0.1, 0.15) is 10.4 Å². The molecular weight excluding hydrogens is 434 g/mol. The van der Waals surface area contributed by atoms with Crippen molar-refractivity contribution in [3.8, 4) is 11.5 Å². The second-order valence-corrected chi connectivity index (χ2v) is 7.82. The van der Waals surface area contributed by atoms with E-state index in [1.54, 1.807) is 30.5 Å². The van der Waals surface area contributed by atoms with Crippen molar-refractivity contribution in [2.24, 2.45) is 0 Å². The summed E-state index contributed by atoms with van der Waals surface area (Å²) in [7, 11) is 0. The minimum atomic E-state index is -0.607. The molecule has 2 aromatic heterocycles. The molecule has 8 heteroatoms. The molecule has 0 unspecified atom stereocenters. The number of benzene rings is 2. The number of nitrogens with zero attached hydrogens (tertiary/aromatic N) is 2. The molecular formula is C26H23N3O5. The van der Waals surface area contributed by atoms with Crippen LogP contribution < -0.4 is 10.2 Å². The van der Waals surface area contributed by atoms with Gasteiger partial charge in [-0.3, -0.25) is 4.79 Å². The predicted molar refractivity (Wildman–Crippen MR) is 128 cm³/mol. The fourth-order valence-electron chi connectivity index (χ4n) is 3.88. The second-order valence-electron chi connectivity index (χ2n) is 7.82. The van der Waals surface area contributed by atoms with Gasteiger partial charge in [-0.25, -0.2) is 9.78 Å². The Morgan fingerprint density at radius 3 is 2.56 bits per heavy atom. The molecule has 8 nitrogen and oxygen atoms in total. The Kier molecular flexibility index (Phi) is 6.22. The first-order chi connectivity index (χ1) is 16.7. The summed E-state index contributed by atoms with van der Waals surface area (Å²) in [5, 5.41) is 3.40. The molecule has 34 heavy (non-hydrogen) atoms. The van der Waals surface area contributed by atoms with Crippen molar-refractivity contribution >= 4 is 34.2 Å². The van der Waals surface area contributed by atoms with Gasteiger partial charge in [0, 0.05) is 29.9 Å². The van der Waals surface area contributed by atoms with Crippen molar-refractivity contribution in [2.45, 2.75) is 0 Å². The molecule has 0 saturated carbocycles. The molecule has 172 valence electrons. The Hall–Kier alpha value is -4.17. The number of carbonyl (C=O) groups is 2. The van der Waals surface area contributed by atoms with Gasteiger partial charge >= 0.3 is 5.97 Å². The van der Waals surface area contributed by atoms with E-state index in [2.05, 4.69) is 15.2 Å². The van der Waals surface area contributed by atoms with Crippen LogP contribution in [0.4, 0.5) is 11.4 Å². The third-order valence-corrected chi connectivity index (χ3v) is 5.57. The van der Waals surface area contributed by atoms with Crippen LogP contribution in [-0.2, 0) is 14.3 Å². The number of nitrogens with one attached hydrogen (secondary N) is 1. The summed E-state index contributed by atoms with van der Waals surface area (Å²) in [6, 6.07) is 20.0. The van der Waals surface area contributed by atoms with Gasteiger partial charge in [0.1, 0.15) is 5.69 Å². The zero-order valence-electron chi connectivity index (χ0n) is 18.4. The third kappa shape index (κ3) is 4.77. The molecule has 0 atom stereocenters. The molecule has 0 bridgehead atoms. The van der Waals surface area contributed by atoms with Gasteiger partial charge in [-0.2, -0.15) is 0 Å². The smallest absolute Gasteiger partial charge is 0.339 e. The molecule has 1 aliphatic heterocycles. The number of furan rings is 1. The number of fused-ring (bicyclic) bond motifs is 1. The lowest BCUT2D eigenvalue weighted by Crippen LogP contribution is -2.36. The zero-order chi connectivity index (χ0) is 23.3. The minimum Gasteiger partial charge on any atom is -0.463 e. The van der Waals surface area contributed by atoms with Crippen molar-refractivity contribution in [1.29, 1.82) is 0 Å². The Morgan fingerprint density at radius 2 is 1.79 bits per heavy atom. The lowest BCUT2D eigenvalue weighted by molar-refractivity contribution is -0.119. The number of aromatic nitrogens is 1. The first-order valence-electron chi connectivity index (χ1n) is 11.0. The van der Waals surface area contributed by atoms with Gasteiger partial charge in [0.2, 0.25) is 0 Å². The van der Waals surface area contributed by atoms with Crippen LogP contribution in [0.25, 0.3) is 22.4 Å². The quantitative estimate of drug-likeness (QED) is 0.435. The average molecular weight is 457 g/mol. The van der Waals surface area contributed by atoms with Crippen LogP contribution in [0.2, 0.25) is 0 Å². The number of amides is 1. The van der Waals surface area contributed by atoms with Crippen LogP contribution in [0.5, 0.6) is 0 Å². The van der Waals surface area contributed by atoms with Gasteiger partial charge in [-0.05, 0) is 48.5 Å². The fourth-order valence-corrected chi connectivity index (χ4v) is 3.88. The number of rotatable bonds is 6. The Morgan fingerprint density at radius 1 is 1.00 bits per heavy atom. The van der Waals surface area contributed by atoms with E-state index in [0.29, 0.717) is 46.8 Å². The maximum absolute atomic E-state index is 12.9. The summed E-state index contributed by atoms with van der Waals surface area (Å²) in [5.41, 5.74) is 3.17. The summed E-state index contributed by atoms with van der Waals surface area (Å²) in [6.07, 6.45) is 1.54. The highest BCUT2D eigenvalue weighted by molar-refractivity contribution is 6.05. The first kappa shape index (κ1) is 21.7. The summed E-state index contributed by atoms with van der Waals surface area (Å²) in [4.78, 5) is 32.1. The standard InChI is InChI=1S/C26H23N3O5/c30-25(27-18-7-9-19(10-8-18)29-11-14-32-15-12-29)17-34-26(31)21-16-23(24-6-3-13-33-24)28-22-5-2-1-4-20(21)22/h1-10,13,16H,11-12,14-15,17H2,(H,27,30). The number of anilines is 2. The van der Waals surface area contributed by atoms with Gasteiger partial charge in [-0.1, -0.05) is 18.2 Å². The van der Waals surface area contributed by atoms with E-state index < -0.39 is 18.5 Å². The second kappa shape index (κ2) is 9.76. The number of carbonyl (C=O) groups excluding carboxylic acids is 2. The highest BCUT2D eigenvalue weighted by Crippen LogP contribution is 2.26. The van der Waals surface area contributed by atoms with E-state index in [4.69, 9.17) is 13.9 Å². The van der Waals surface area contributed by atoms with Crippen LogP contribution in [0.3, 0.4) is 0 Å². The highest BCUT2D eigenvalue weighted by atomic mass is 16.5. The lowest BCUT2D eigenvalue weighted by atomic mass is 10.1. The van der Waals surface area contributed by atoms with Gasteiger partial charge in [-0.15, -0.1) is 0 Å². The number of pyridine rings is 1. The van der Waals surface area contributed by atoms with E-state index in [1.165, 1.54) is 0 Å². The van der Waals surface area contributed by atoms with E-state index >= 15 is 0 Å². The number of para-hydroxylation sites is 1. The molecule has 0 radical (unpaired) electrons. The maximum Gasteiger partial charge on any atom is 0.339 e. The van der Waals surface area contributed by atoms with Crippen molar-refractivity contribution < 1.29 is 23.5 Å². The van der Waals surface area contributed by atoms with Crippen LogP contribution >= 0.6 is 0 Å². The zero-order valence-corrected chi connectivity index (χ0v) is 18.4. The summed E-state index contributed by atoms with van der Waals surface area (Å²) in [5.74, 6) is -0.487. The summed E-state index contributed by atoms with van der Waals surface area (Å²) < 4.78 is 16.1. The summed E-state index contributed by atoms with van der Waals surface area (Å²) in [6.45, 7) is 2.69. The number of esters is 1. The van der Waals surface area contributed by atoms with Gasteiger partial charge in [0.05, 0.1) is 30.6 Å². The molecule has 1 saturated heterocycles. The number of hydrogen-bond donors (Lipinski definition) is 1. The normalized spacial score (nSPS) is 13.6. The van der Waals surface area contributed by atoms with Gasteiger partial charge < -0.3 is 24.1 Å². The molecule has 5 rings (SSSR count). The maximum atomic E-state index is 12.9. The molecule has 1 amide bonds. The monoisotopic (exact) mass is 457 g/mol. The van der Waals surface area contributed by atoms with Gasteiger partial charge in [0.15, 0.2) is 12.4 Å². The molecule has 1 N–H and O–H groups in total. The van der Waals surface area contributed by atoms with Gasteiger partial charge in [0.25, 0.3) is 5.91 Å². The Bertz CT molecular complexity index is 1300. The largest absolute Gasteiger partial charge is 0.463 e. The average Bonchev–Trinajstić information content (AvgIpc) is 3.43. The van der Waals surface area contributed by atoms with E-state index in [1.807, 2.05) is 42.5 Å². The van der Waals surface area contributed by atoms with Crippen LogP contribution in [-0.4, -0.2) is 49.8 Å². The molecule has 4 aromatic rings. The minimum absolute atomic E-state index is 0.319. The molecule has 3 heterocycles. The van der Waals surface area contributed by atoms with Crippen LogP contribution in [0, 0.1) is 0 Å². The molecule has 1 fully saturated rings. The Balaban J connectivity index is 1.25. The lowest BCUT2D eigenvalue weighted by Gasteiger charge is -2.28. The van der Waals surface area contributed by atoms with E-state index in [-0.39, 0.29) is 0 Å². The van der Waals surface area contributed by atoms with Crippen molar-refractivity contribution in [3.05, 3.63) is 78.6 Å². The van der Waals surface area contributed by atoms with Crippen LogP contribution in [0.15, 0.2) is 77.4 Å². The topological polar surface area (TPSA) is 93.9 Å². The number of ether oxygens (including phenoxy) is 2. The highest BCUT2D eigenvalue weighted by Gasteiger charge is 2.18. The van der Waals surface area contributed by atoms with Crippen molar-refractivity contribution in [3.63, 3.8) is 0 Å². The SMILES string of the molecule is O=C(COC(=O)c1cc(-c2ccco2)nc2ccccc12)Nc1ccc(N2CCOCC2)cc1. The van der Waals surface area contributed by atoms with E-state index in [9.17, 15) is 9.59 Å². The first-order valence-corrected chi connectivity index (χ1v) is 11.0.